The fourth-order valence-corrected chi connectivity index (χ4v) is 3.98. The maximum atomic E-state index is 12.1. The van der Waals surface area contributed by atoms with Gasteiger partial charge in [0.1, 0.15) is 17.6 Å². The molecule has 0 saturated heterocycles. The van der Waals surface area contributed by atoms with Crippen molar-refractivity contribution >= 4 is 35.1 Å². The summed E-state index contributed by atoms with van der Waals surface area (Å²) in [6, 6.07) is 7.78. The van der Waals surface area contributed by atoms with E-state index in [2.05, 4.69) is 4.98 Å². The third-order valence-corrected chi connectivity index (χ3v) is 5.26. The minimum absolute atomic E-state index is 0.0140. The molecule has 1 aliphatic carbocycles. The number of urea groups is 1. The van der Waals surface area contributed by atoms with Crippen molar-refractivity contribution in [2.24, 2.45) is 11.7 Å². The molecule has 1 fully saturated rings. The first-order valence-corrected chi connectivity index (χ1v) is 8.34. The summed E-state index contributed by atoms with van der Waals surface area (Å²) < 4.78 is 5.76. The molecule has 8 heteroatoms. The molecule has 1 aromatic heterocycles. The highest BCUT2D eigenvalue weighted by Gasteiger charge is 2.60. The molecular weight excluding hydrogens is 363 g/mol. The summed E-state index contributed by atoms with van der Waals surface area (Å²) >= 11 is 12.6. The molecule has 4 rings (SSSR count). The number of benzene rings is 1. The minimum atomic E-state index is -0.615. The fraction of sp³-hybridized carbons (Fsp3) is 0.235. The summed E-state index contributed by atoms with van der Waals surface area (Å²) in [5, 5.41) is 9.93. The number of halogens is 2. The molecule has 3 unspecified atom stereocenters. The molecule has 2 N–H and O–H groups in total. The van der Waals surface area contributed by atoms with Gasteiger partial charge in [-0.25, -0.2) is 9.78 Å². The molecule has 25 heavy (non-hydrogen) atoms. The van der Waals surface area contributed by atoms with Crippen LogP contribution in [0.2, 0.25) is 10.0 Å². The normalized spacial score (nSPS) is 22.8. The van der Waals surface area contributed by atoms with E-state index in [1.54, 1.807) is 24.3 Å². The molecule has 1 aromatic carbocycles. The molecule has 2 aromatic rings. The lowest BCUT2D eigenvalue weighted by Crippen LogP contribution is -2.39. The van der Waals surface area contributed by atoms with Crippen LogP contribution >= 0.6 is 23.2 Å². The van der Waals surface area contributed by atoms with Crippen molar-refractivity contribution in [3.63, 3.8) is 0 Å². The van der Waals surface area contributed by atoms with Crippen LogP contribution in [0.3, 0.4) is 0 Å². The number of ether oxygens (including phenoxy) is 1. The Labute approximate surface area is 153 Å². The van der Waals surface area contributed by atoms with Crippen LogP contribution in [0.25, 0.3) is 0 Å². The van der Waals surface area contributed by atoms with E-state index in [4.69, 9.17) is 38.9 Å². The number of nitriles is 1. The number of primary amides is 1. The maximum Gasteiger partial charge on any atom is 0.320 e. The zero-order chi connectivity index (χ0) is 17.7. The van der Waals surface area contributed by atoms with E-state index in [1.165, 1.54) is 11.1 Å². The average molecular weight is 375 g/mol. The standard InChI is InChI=1S/C17H12Cl2N4O2/c18-10-2-3-11(19)16-14(10)13-9(7-25-16)15(13)23(17(21)24)12-4-1-8(5-20)6-22-12/h1-4,6,9,13,15H,7H2,(H2,21,24). The number of hydrogen-bond donors (Lipinski definition) is 1. The molecule has 126 valence electrons. The fourth-order valence-electron chi connectivity index (χ4n) is 3.49. The van der Waals surface area contributed by atoms with Gasteiger partial charge in [-0.2, -0.15) is 5.26 Å². The topological polar surface area (TPSA) is 92.2 Å². The van der Waals surface area contributed by atoms with Crippen LogP contribution < -0.4 is 15.4 Å². The lowest BCUT2D eigenvalue weighted by atomic mass is 10.1. The summed E-state index contributed by atoms with van der Waals surface area (Å²) in [6.07, 6.45) is 1.41. The number of amides is 2. The predicted molar refractivity (Wildman–Crippen MR) is 93.0 cm³/mol. The third kappa shape index (κ3) is 2.48. The highest BCUT2D eigenvalue weighted by atomic mass is 35.5. The summed E-state index contributed by atoms with van der Waals surface area (Å²) in [5.41, 5.74) is 6.81. The van der Waals surface area contributed by atoms with E-state index in [9.17, 15) is 4.79 Å². The second-order valence-corrected chi connectivity index (χ2v) is 6.80. The summed E-state index contributed by atoms with van der Waals surface area (Å²) in [5.74, 6) is 1.01. The van der Waals surface area contributed by atoms with Crippen molar-refractivity contribution in [2.45, 2.75) is 12.0 Å². The number of aromatic nitrogens is 1. The number of hydrogen-bond acceptors (Lipinski definition) is 4. The number of pyridine rings is 1. The van der Waals surface area contributed by atoms with Crippen LogP contribution in [0.1, 0.15) is 17.0 Å². The van der Waals surface area contributed by atoms with Gasteiger partial charge >= 0.3 is 6.03 Å². The lowest BCUT2D eigenvalue weighted by Gasteiger charge is -2.20. The predicted octanol–water partition coefficient (Wildman–Crippen LogP) is 3.32. The van der Waals surface area contributed by atoms with Gasteiger partial charge in [0.25, 0.3) is 0 Å². The number of nitrogens with two attached hydrogens (primary N) is 1. The van der Waals surface area contributed by atoms with Crippen molar-refractivity contribution in [1.82, 2.24) is 4.98 Å². The Bertz CT molecular complexity index is 910. The molecule has 6 nitrogen and oxygen atoms in total. The maximum absolute atomic E-state index is 12.1. The first-order valence-electron chi connectivity index (χ1n) is 7.58. The third-order valence-electron chi connectivity index (χ3n) is 4.63. The lowest BCUT2D eigenvalue weighted by molar-refractivity contribution is 0.252. The number of nitrogens with zero attached hydrogens (tertiary/aromatic N) is 3. The molecule has 2 amide bonds. The number of rotatable bonds is 2. The Hall–Kier alpha value is -2.49. The minimum Gasteiger partial charge on any atom is -0.491 e. The Morgan fingerprint density at radius 1 is 1.32 bits per heavy atom. The van der Waals surface area contributed by atoms with Gasteiger partial charge in [-0.3, -0.25) is 4.90 Å². The van der Waals surface area contributed by atoms with Gasteiger partial charge in [-0.05, 0) is 24.3 Å². The van der Waals surface area contributed by atoms with E-state index in [0.29, 0.717) is 33.8 Å². The molecular formula is C17H12Cl2N4O2. The highest BCUT2D eigenvalue weighted by Crippen LogP contribution is 2.60. The first kappa shape index (κ1) is 16.0. The van der Waals surface area contributed by atoms with Crippen molar-refractivity contribution < 1.29 is 9.53 Å². The molecule has 0 bridgehead atoms. The Kier molecular flexibility index (Phi) is 3.71. The SMILES string of the molecule is N#Cc1ccc(N(C(N)=O)C2C3COc4c(Cl)ccc(Cl)c4C32)nc1. The summed E-state index contributed by atoms with van der Waals surface area (Å²) in [6.45, 7) is 0.419. The van der Waals surface area contributed by atoms with Gasteiger partial charge < -0.3 is 10.5 Å². The van der Waals surface area contributed by atoms with E-state index < -0.39 is 6.03 Å². The van der Waals surface area contributed by atoms with Gasteiger partial charge in [0.2, 0.25) is 0 Å². The molecule has 1 aliphatic heterocycles. The van der Waals surface area contributed by atoms with Gasteiger partial charge in [-0.1, -0.05) is 23.2 Å². The number of carbonyl (C=O) groups is 1. The van der Waals surface area contributed by atoms with E-state index >= 15 is 0 Å². The zero-order valence-electron chi connectivity index (χ0n) is 12.8. The van der Waals surface area contributed by atoms with Crippen LogP contribution in [-0.4, -0.2) is 23.7 Å². The molecule has 2 aliphatic rings. The number of carbonyl (C=O) groups excluding carboxylic acids is 1. The first-order chi connectivity index (χ1) is 12.0. The van der Waals surface area contributed by atoms with Gasteiger partial charge in [-0.15, -0.1) is 0 Å². The monoisotopic (exact) mass is 374 g/mol. The molecule has 0 radical (unpaired) electrons. The smallest absolute Gasteiger partial charge is 0.320 e. The average Bonchev–Trinajstić information content (AvgIpc) is 3.32. The number of anilines is 1. The zero-order valence-corrected chi connectivity index (χ0v) is 14.3. The molecule has 0 spiro atoms. The second kappa shape index (κ2) is 5.80. The van der Waals surface area contributed by atoms with Crippen LogP contribution in [0.15, 0.2) is 30.5 Å². The largest absolute Gasteiger partial charge is 0.491 e. The van der Waals surface area contributed by atoms with Crippen molar-refractivity contribution in [3.8, 4) is 11.8 Å². The molecule has 3 atom stereocenters. The van der Waals surface area contributed by atoms with Crippen molar-refractivity contribution in [3.05, 3.63) is 51.6 Å². The van der Waals surface area contributed by atoms with Gasteiger partial charge in [0.05, 0.1) is 23.2 Å². The van der Waals surface area contributed by atoms with Crippen molar-refractivity contribution in [1.29, 1.82) is 5.26 Å². The molecule has 1 saturated carbocycles. The van der Waals surface area contributed by atoms with E-state index in [0.717, 1.165) is 5.56 Å². The van der Waals surface area contributed by atoms with E-state index in [-0.39, 0.29) is 17.9 Å². The van der Waals surface area contributed by atoms with Crippen LogP contribution in [0.5, 0.6) is 5.75 Å². The quantitative estimate of drug-likeness (QED) is 0.872. The van der Waals surface area contributed by atoms with Gasteiger partial charge in [0, 0.05) is 28.6 Å². The second-order valence-electron chi connectivity index (χ2n) is 5.99. The van der Waals surface area contributed by atoms with E-state index in [1.807, 2.05) is 6.07 Å². The van der Waals surface area contributed by atoms with Crippen molar-refractivity contribution in [2.75, 3.05) is 11.5 Å². The Balaban J connectivity index is 1.73. The van der Waals surface area contributed by atoms with Crippen LogP contribution in [0.4, 0.5) is 10.6 Å². The Morgan fingerprint density at radius 2 is 2.08 bits per heavy atom. The summed E-state index contributed by atoms with van der Waals surface area (Å²) in [7, 11) is 0. The van der Waals surface area contributed by atoms with Crippen LogP contribution in [-0.2, 0) is 0 Å². The number of fused-ring (bicyclic) bond motifs is 3. The summed E-state index contributed by atoms with van der Waals surface area (Å²) in [4.78, 5) is 17.7. The molecule has 2 heterocycles. The van der Waals surface area contributed by atoms with Gasteiger partial charge in [0.15, 0.2) is 0 Å². The highest BCUT2D eigenvalue weighted by molar-refractivity contribution is 6.35. The van der Waals surface area contributed by atoms with Crippen LogP contribution in [0, 0.1) is 17.2 Å². The Morgan fingerprint density at radius 3 is 2.72 bits per heavy atom.